The van der Waals surface area contributed by atoms with E-state index in [1.807, 2.05) is 18.5 Å². The Morgan fingerprint density at radius 2 is 1.59 bits per heavy atom. The molecule has 0 unspecified atom stereocenters. The molecule has 0 aliphatic rings. The highest BCUT2D eigenvalue weighted by Crippen LogP contribution is 2.34. The van der Waals surface area contributed by atoms with Crippen LogP contribution in [0.1, 0.15) is 69.0 Å². The molecule has 0 saturated carbocycles. The largest absolute Gasteiger partial charge is 0.233 e. The van der Waals surface area contributed by atoms with Crippen molar-refractivity contribution in [1.82, 2.24) is 9.78 Å². The van der Waals surface area contributed by atoms with Gasteiger partial charge in [-0.15, -0.1) is 0 Å². The van der Waals surface area contributed by atoms with Gasteiger partial charge in [-0.3, -0.25) is 0 Å². The molecule has 0 aliphatic heterocycles. The van der Waals surface area contributed by atoms with Gasteiger partial charge in [0.1, 0.15) is 5.84 Å². The maximum absolute atomic E-state index is 4.96. The van der Waals surface area contributed by atoms with Gasteiger partial charge in [0.15, 0.2) is 0 Å². The molecular weight excluding hydrogens is 270 g/mol. The Bertz CT molecular complexity index is 664. The number of aryl methyl sites for hydroxylation is 2. The van der Waals surface area contributed by atoms with Crippen LogP contribution in [0.15, 0.2) is 29.3 Å². The fourth-order valence-corrected chi connectivity index (χ4v) is 2.81. The van der Waals surface area contributed by atoms with Crippen LogP contribution in [0.4, 0.5) is 5.69 Å². The minimum Gasteiger partial charge on any atom is -0.233 e. The second kappa shape index (κ2) is 6.47. The van der Waals surface area contributed by atoms with Crippen molar-refractivity contribution >= 4 is 11.5 Å². The van der Waals surface area contributed by atoms with E-state index in [0.717, 1.165) is 22.9 Å². The lowest BCUT2D eigenvalue weighted by molar-refractivity contribution is 0.830. The molecule has 0 bridgehead atoms. The third-order valence-electron chi connectivity index (χ3n) is 3.93. The smallest absolute Gasteiger partial charge is 0.127 e. The van der Waals surface area contributed by atoms with Crippen molar-refractivity contribution in [3.05, 3.63) is 46.8 Å². The summed E-state index contributed by atoms with van der Waals surface area (Å²) in [5.41, 5.74) is 5.84. The highest BCUT2D eigenvalue weighted by molar-refractivity contribution is 5.85. The Kier molecular flexibility index (Phi) is 4.84. The number of hydrogen-bond donors (Lipinski definition) is 0. The lowest BCUT2D eigenvalue weighted by atomic mass is 9.93. The summed E-state index contributed by atoms with van der Waals surface area (Å²) in [5, 5.41) is 4.54. The van der Waals surface area contributed by atoms with Gasteiger partial charge < -0.3 is 0 Å². The summed E-state index contributed by atoms with van der Waals surface area (Å²) >= 11 is 0. The topological polar surface area (TPSA) is 30.2 Å². The summed E-state index contributed by atoms with van der Waals surface area (Å²) in [5.74, 6) is 1.82. The first-order valence-corrected chi connectivity index (χ1v) is 8.03. The van der Waals surface area contributed by atoms with Crippen LogP contribution in [-0.2, 0) is 0 Å². The molecule has 3 heteroatoms. The van der Waals surface area contributed by atoms with Gasteiger partial charge in [0, 0.05) is 5.69 Å². The van der Waals surface area contributed by atoms with Crippen molar-refractivity contribution in [2.45, 2.75) is 60.3 Å². The van der Waals surface area contributed by atoms with Crippen molar-refractivity contribution < 1.29 is 0 Å². The van der Waals surface area contributed by atoms with Crippen LogP contribution in [0.5, 0.6) is 0 Å². The zero-order valence-corrected chi connectivity index (χ0v) is 14.8. The number of benzene rings is 1. The van der Waals surface area contributed by atoms with Crippen LogP contribution < -0.4 is 0 Å². The van der Waals surface area contributed by atoms with Crippen LogP contribution in [0.25, 0.3) is 0 Å². The molecule has 0 spiro atoms. The van der Waals surface area contributed by atoms with Gasteiger partial charge >= 0.3 is 0 Å². The summed E-state index contributed by atoms with van der Waals surface area (Å²) < 4.78 is 1.93. The number of hydrogen-bond acceptors (Lipinski definition) is 2. The number of rotatable bonds is 3. The number of para-hydroxylation sites is 1. The lowest BCUT2D eigenvalue weighted by Gasteiger charge is -2.17. The standard InChI is InChI=1S/C19H27N3/c1-12(2)17-9-8-10-18(13(3)4)19(17)20-16(7)22-15(6)11-14(5)21-22/h8-13H,1-7H3. The number of aromatic nitrogens is 2. The molecule has 0 amide bonds. The van der Waals surface area contributed by atoms with Gasteiger partial charge in [0.2, 0.25) is 0 Å². The molecule has 0 aliphatic carbocycles. The van der Waals surface area contributed by atoms with E-state index in [-0.39, 0.29) is 0 Å². The van der Waals surface area contributed by atoms with E-state index >= 15 is 0 Å². The van der Waals surface area contributed by atoms with Crippen LogP contribution in [0, 0.1) is 13.8 Å². The molecule has 1 aromatic carbocycles. The Balaban J connectivity index is 2.60. The molecule has 0 N–H and O–H groups in total. The third-order valence-corrected chi connectivity index (χ3v) is 3.93. The highest BCUT2D eigenvalue weighted by Gasteiger charge is 2.14. The molecule has 0 radical (unpaired) electrons. The molecule has 2 rings (SSSR count). The van der Waals surface area contributed by atoms with Gasteiger partial charge in [0.05, 0.1) is 11.4 Å². The predicted molar refractivity (Wildman–Crippen MR) is 94.5 cm³/mol. The van der Waals surface area contributed by atoms with E-state index in [9.17, 15) is 0 Å². The van der Waals surface area contributed by atoms with E-state index in [2.05, 4.69) is 64.0 Å². The summed E-state index contributed by atoms with van der Waals surface area (Å²) in [6.07, 6.45) is 0. The molecule has 1 aromatic heterocycles. The fraction of sp³-hybridized carbons (Fsp3) is 0.474. The van der Waals surface area contributed by atoms with Gasteiger partial charge in [-0.2, -0.15) is 5.10 Å². The minimum atomic E-state index is 0.450. The number of nitrogens with zero attached hydrogens (tertiary/aromatic N) is 3. The second-order valence-corrected chi connectivity index (χ2v) is 6.59. The van der Waals surface area contributed by atoms with Gasteiger partial charge in [-0.05, 0) is 49.8 Å². The molecule has 0 fully saturated rings. The minimum absolute atomic E-state index is 0.450. The highest BCUT2D eigenvalue weighted by atomic mass is 15.3. The number of aliphatic imine (C=N–C) groups is 1. The third kappa shape index (κ3) is 3.29. The van der Waals surface area contributed by atoms with E-state index in [0.29, 0.717) is 11.8 Å². The fourth-order valence-electron chi connectivity index (χ4n) is 2.81. The molecule has 3 nitrogen and oxygen atoms in total. The maximum atomic E-state index is 4.96. The van der Waals surface area contributed by atoms with E-state index in [1.54, 1.807) is 0 Å². The summed E-state index contributed by atoms with van der Waals surface area (Å²) in [4.78, 5) is 4.96. The van der Waals surface area contributed by atoms with Gasteiger partial charge in [0.25, 0.3) is 0 Å². The van der Waals surface area contributed by atoms with Crippen molar-refractivity contribution in [1.29, 1.82) is 0 Å². The molecular formula is C19H27N3. The van der Waals surface area contributed by atoms with Crippen LogP contribution in [-0.4, -0.2) is 15.6 Å². The normalized spacial score (nSPS) is 12.5. The second-order valence-electron chi connectivity index (χ2n) is 6.59. The summed E-state index contributed by atoms with van der Waals surface area (Å²) in [6.45, 7) is 15.0. The molecule has 1 heterocycles. The first-order chi connectivity index (χ1) is 10.3. The quantitative estimate of drug-likeness (QED) is 0.555. The zero-order chi connectivity index (χ0) is 16.4. The van der Waals surface area contributed by atoms with E-state index in [1.165, 1.54) is 11.1 Å². The van der Waals surface area contributed by atoms with Gasteiger partial charge in [-0.1, -0.05) is 45.9 Å². The maximum Gasteiger partial charge on any atom is 0.127 e. The molecule has 2 aromatic rings. The summed E-state index contributed by atoms with van der Waals surface area (Å²) in [7, 11) is 0. The SMILES string of the molecule is CC(=Nc1c(C(C)C)cccc1C(C)C)n1nc(C)cc1C. The van der Waals surface area contributed by atoms with Crippen LogP contribution >= 0.6 is 0 Å². The van der Waals surface area contributed by atoms with E-state index < -0.39 is 0 Å². The Morgan fingerprint density at radius 1 is 1.05 bits per heavy atom. The molecule has 0 atom stereocenters. The van der Waals surface area contributed by atoms with Crippen LogP contribution in [0.3, 0.4) is 0 Å². The van der Waals surface area contributed by atoms with Crippen molar-refractivity contribution in [2.24, 2.45) is 4.99 Å². The molecule has 118 valence electrons. The predicted octanol–water partition coefficient (Wildman–Crippen LogP) is 5.34. The zero-order valence-electron chi connectivity index (χ0n) is 14.8. The first-order valence-electron chi connectivity index (χ1n) is 8.03. The summed E-state index contributed by atoms with van der Waals surface area (Å²) in [6, 6.07) is 8.59. The Morgan fingerprint density at radius 3 is 2.00 bits per heavy atom. The van der Waals surface area contributed by atoms with Crippen molar-refractivity contribution in [2.75, 3.05) is 0 Å². The first kappa shape index (κ1) is 16.5. The Labute approximate surface area is 134 Å². The van der Waals surface area contributed by atoms with Crippen molar-refractivity contribution in [3.63, 3.8) is 0 Å². The van der Waals surface area contributed by atoms with Crippen molar-refractivity contribution in [3.8, 4) is 0 Å². The van der Waals surface area contributed by atoms with Crippen LogP contribution in [0.2, 0.25) is 0 Å². The average molecular weight is 297 g/mol. The molecule has 0 saturated heterocycles. The lowest BCUT2D eigenvalue weighted by Crippen LogP contribution is -2.11. The average Bonchev–Trinajstić information content (AvgIpc) is 2.77. The monoisotopic (exact) mass is 297 g/mol. The molecule has 22 heavy (non-hydrogen) atoms. The van der Waals surface area contributed by atoms with Gasteiger partial charge in [-0.25, -0.2) is 9.67 Å². The Hall–Kier alpha value is -1.90. The van der Waals surface area contributed by atoms with E-state index in [4.69, 9.17) is 4.99 Å².